The lowest BCUT2D eigenvalue weighted by atomic mass is 10.1. The van der Waals surface area contributed by atoms with Gasteiger partial charge >= 0.3 is 0 Å². The van der Waals surface area contributed by atoms with Crippen molar-refractivity contribution in [1.82, 2.24) is 4.98 Å². The minimum Gasteiger partial charge on any atom is -0.508 e. The lowest BCUT2D eigenvalue weighted by Gasteiger charge is -2.11. The number of pyridine rings is 1. The molecule has 4 N–H and O–H groups in total. The topological polar surface area (TPSA) is 80.4 Å². The molecule has 0 aliphatic rings. The zero-order valence-corrected chi connectivity index (χ0v) is 16.3. The summed E-state index contributed by atoms with van der Waals surface area (Å²) in [4.78, 5) is 4.61. The molecule has 0 fully saturated rings. The van der Waals surface area contributed by atoms with Crippen molar-refractivity contribution in [1.29, 1.82) is 0 Å². The highest BCUT2D eigenvalue weighted by Gasteiger charge is 2.08. The van der Waals surface area contributed by atoms with Crippen LogP contribution in [-0.2, 0) is 0 Å². The number of hydrogen-bond donors (Lipinski definition) is 3. The van der Waals surface area contributed by atoms with Crippen LogP contribution in [0.1, 0.15) is 11.3 Å². The highest BCUT2D eigenvalue weighted by molar-refractivity contribution is 5.87. The van der Waals surface area contributed by atoms with Crippen LogP contribution in [0, 0.1) is 12.7 Å². The summed E-state index contributed by atoms with van der Waals surface area (Å²) in [6.07, 6.45) is 1.65. The van der Waals surface area contributed by atoms with E-state index in [2.05, 4.69) is 10.3 Å². The zero-order chi connectivity index (χ0) is 21.1. The molecular weight excluding hydrogens is 381 g/mol. The summed E-state index contributed by atoms with van der Waals surface area (Å²) in [5, 5.41) is 13.2. The number of anilines is 1. The molecule has 0 bridgehead atoms. The van der Waals surface area contributed by atoms with Gasteiger partial charge in [-0.05, 0) is 73.2 Å². The predicted octanol–water partition coefficient (Wildman–Crippen LogP) is 5.55. The Kier molecular flexibility index (Phi) is 5.22. The highest BCUT2D eigenvalue weighted by atomic mass is 19.1. The first-order valence-electron chi connectivity index (χ1n) is 9.34. The van der Waals surface area contributed by atoms with Crippen LogP contribution in [0.25, 0.3) is 16.6 Å². The summed E-state index contributed by atoms with van der Waals surface area (Å²) in [7, 11) is 0. The normalized spacial score (nSPS) is 11.5. The Morgan fingerprint density at radius 3 is 2.63 bits per heavy atom. The molecule has 0 unspecified atom stereocenters. The van der Waals surface area contributed by atoms with Crippen molar-refractivity contribution < 1.29 is 14.2 Å². The first-order valence-corrected chi connectivity index (χ1v) is 9.34. The average molecular weight is 401 g/mol. The predicted molar refractivity (Wildman–Crippen MR) is 117 cm³/mol. The fraction of sp³-hybridized carbons (Fsp3) is 0.0417. The standard InChI is InChI=1S/C24H20FN3O2/c1-15-11-16(25)13-19(12-15)30-24-4-2-3-22-20(24)9-10-23(28-22)21(26)14-27-17-5-7-18(29)8-6-17/h2-14,27,29H,26H2,1H3/b21-14-. The molecule has 0 radical (unpaired) electrons. The van der Waals surface area contributed by atoms with Gasteiger partial charge in [-0.15, -0.1) is 0 Å². The summed E-state index contributed by atoms with van der Waals surface area (Å²) >= 11 is 0. The van der Waals surface area contributed by atoms with Gasteiger partial charge in [-0.2, -0.15) is 0 Å². The van der Waals surface area contributed by atoms with Crippen molar-refractivity contribution in [3.05, 3.63) is 96.1 Å². The number of phenols is 1. The van der Waals surface area contributed by atoms with E-state index in [9.17, 15) is 9.50 Å². The van der Waals surface area contributed by atoms with E-state index < -0.39 is 0 Å². The number of aromatic nitrogens is 1. The molecular formula is C24H20FN3O2. The fourth-order valence-corrected chi connectivity index (χ4v) is 3.06. The van der Waals surface area contributed by atoms with Gasteiger partial charge in [0.05, 0.1) is 16.9 Å². The quantitative estimate of drug-likeness (QED) is 0.382. The van der Waals surface area contributed by atoms with E-state index in [4.69, 9.17) is 10.5 Å². The number of ether oxygens (including phenoxy) is 1. The molecule has 4 rings (SSSR count). The highest BCUT2D eigenvalue weighted by Crippen LogP contribution is 2.30. The van der Waals surface area contributed by atoms with Crippen LogP contribution in [0.3, 0.4) is 0 Å². The van der Waals surface area contributed by atoms with Gasteiger partial charge in [-0.1, -0.05) is 6.07 Å². The molecule has 0 saturated heterocycles. The molecule has 4 aromatic rings. The number of aryl methyl sites for hydroxylation is 1. The molecule has 30 heavy (non-hydrogen) atoms. The van der Waals surface area contributed by atoms with E-state index in [0.717, 1.165) is 16.6 Å². The number of nitrogens with two attached hydrogens (primary N) is 1. The van der Waals surface area contributed by atoms with Gasteiger partial charge in [0.15, 0.2) is 0 Å². The lowest BCUT2D eigenvalue weighted by Crippen LogP contribution is -2.02. The fourth-order valence-electron chi connectivity index (χ4n) is 3.06. The summed E-state index contributed by atoms with van der Waals surface area (Å²) in [6, 6.07) is 20.4. The molecule has 0 amide bonds. The molecule has 1 aromatic heterocycles. The third kappa shape index (κ3) is 4.33. The Bertz CT molecular complexity index is 1220. The van der Waals surface area contributed by atoms with Crippen molar-refractivity contribution >= 4 is 22.3 Å². The van der Waals surface area contributed by atoms with Gasteiger partial charge in [0, 0.05) is 23.3 Å². The van der Waals surface area contributed by atoms with E-state index in [1.165, 1.54) is 12.1 Å². The number of fused-ring (bicyclic) bond motifs is 1. The Morgan fingerprint density at radius 2 is 1.87 bits per heavy atom. The number of aromatic hydroxyl groups is 1. The molecule has 6 heteroatoms. The van der Waals surface area contributed by atoms with Crippen molar-refractivity contribution in [2.75, 3.05) is 5.32 Å². The maximum atomic E-state index is 13.7. The smallest absolute Gasteiger partial charge is 0.136 e. The molecule has 5 nitrogen and oxygen atoms in total. The molecule has 3 aromatic carbocycles. The number of rotatable bonds is 5. The molecule has 0 atom stereocenters. The zero-order valence-electron chi connectivity index (χ0n) is 16.3. The van der Waals surface area contributed by atoms with Gasteiger partial charge in [0.2, 0.25) is 0 Å². The van der Waals surface area contributed by atoms with E-state index in [1.54, 1.807) is 42.6 Å². The monoisotopic (exact) mass is 401 g/mol. The van der Waals surface area contributed by atoms with Gasteiger partial charge in [0.1, 0.15) is 23.1 Å². The van der Waals surface area contributed by atoms with Crippen LogP contribution in [0.5, 0.6) is 17.2 Å². The SMILES string of the molecule is Cc1cc(F)cc(Oc2cccc3nc(/C(N)=C/Nc4ccc(O)cc4)ccc23)c1. The van der Waals surface area contributed by atoms with Crippen LogP contribution in [-0.4, -0.2) is 10.1 Å². The van der Waals surface area contributed by atoms with Crippen molar-refractivity contribution in [3.8, 4) is 17.2 Å². The molecule has 0 aliphatic heterocycles. The summed E-state index contributed by atoms with van der Waals surface area (Å²) in [5.74, 6) is 0.868. The number of phenolic OH excluding ortho intramolecular Hbond substituents is 1. The van der Waals surface area contributed by atoms with E-state index in [-0.39, 0.29) is 11.6 Å². The summed E-state index contributed by atoms with van der Waals surface area (Å²) in [6.45, 7) is 1.81. The third-order valence-corrected chi connectivity index (χ3v) is 4.49. The molecule has 0 spiro atoms. The van der Waals surface area contributed by atoms with Crippen LogP contribution in [0.4, 0.5) is 10.1 Å². The number of nitrogens with zero attached hydrogens (tertiary/aromatic N) is 1. The molecule has 0 saturated carbocycles. The maximum absolute atomic E-state index is 13.7. The van der Waals surface area contributed by atoms with Gasteiger partial charge < -0.3 is 20.9 Å². The Hall–Kier alpha value is -4.06. The Morgan fingerprint density at radius 1 is 1.07 bits per heavy atom. The van der Waals surface area contributed by atoms with E-state index >= 15 is 0 Å². The first-order chi connectivity index (χ1) is 14.5. The van der Waals surface area contributed by atoms with Crippen LogP contribution in [0.2, 0.25) is 0 Å². The van der Waals surface area contributed by atoms with Crippen molar-refractivity contribution in [2.24, 2.45) is 5.73 Å². The second-order valence-corrected chi connectivity index (χ2v) is 6.88. The van der Waals surface area contributed by atoms with E-state index in [0.29, 0.717) is 28.4 Å². The van der Waals surface area contributed by atoms with Gasteiger partial charge in [-0.25, -0.2) is 9.37 Å². The number of hydrogen-bond acceptors (Lipinski definition) is 5. The Balaban J connectivity index is 1.60. The molecule has 150 valence electrons. The average Bonchev–Trinajstić information content (AvgIpc) is 2.72. The van der Waals surface area contributed by atoms with Crippen molar-refractivity contribution in [3.63, 3.8) is 0 Å². The van der Waals surface area contributed by atoms with E-state index in [1.807, 2.05) is 31.2 Å². The number of halogens is 1. The minimum absolute atomic E-state index is 0.195. The summed E-state index contributed by atoms with van der Waals surface area (Å²) in [5.41, 5.74) is 9.51. The van der Waals surface area contributed by atoms with Gasteiger partial charge in [0.25, 0.3) is 0 Å². The first kappa shape index (κ1) is 19.3. The third-order valence-electron chi connectivity index (χ3n) is 4.49. The van der Waals surface area contributed by atoms with Gasteiger partial charge in [-0.3, -0.25) is 0 Å². The van der Waals surface area contributed by atoms with Crippen LogP contribution < -0.4 is 15.8 Å². The summed E-state index contributed by atoms with van der Waals surface area (Å²) < 4.78 is 19.6. The second-order valence-electron chi connectivity index (χ2n) is 6.88. The maximum Gasteiger partial charge on any atom is 0.136 e. The number of benzene rings is 3. The lowest BCUT2D eigenvalue weighted by molar-refractivity contribution is 0.475. The molecule has 0 aliphatic carbocycles. The number of nitrogens with one attached hydrogen (secondary N) is 1. The van der Waals surface area contributed by atoms with Crippen LogP contribution >= 0.6 is 0 Å². The minimum atomic E-state index is -0.343. The second kappa shape index (κ2) is 8.13. The van der Waals surface area contributed by atoms with Crippen LogP contribution in [0.15, 0.2) is 79.0 Å². The Labute approximate surface area is 173 Å². The van der Waals surface area contributed by atoms with Crippen molar-refractivity contribution in [2.45, 2.75) is 6.92 Å². The largest absolute Gasteiger partial charge is 0.508 e. The molecule has 1 heterocycles.